The van der Waals surface area contributed by atoms with E-state index in [0.29, 0.717) is 19.3 Å². The summed E-state index contributed by atoms with van der Waals surface area (Å²) in [6.45, 7) is 6.52. The summed E-state index contributed by atoms with van der Waals surface area (Å²) in [5.74, 6) is -0.879. The van der Waals surface area contributed by atoms with Gasteiger partial charge in [0.15, 0.2) is 6.10 Å². The highest BCUT2D eigenvalue weighted by molar-refractivity contribution is 5.71. The first-order valence-electron chi connectivity index (χ1n) is 25.3. The number of hydrogen-bond acceptors (Lipinski definition) is 6. The number of allylic oxidation sites excluding steroid dienone is 4. The van der Waals surface area contributed by atoms with Crippen molar-refractivity contribution in [1.82, 2.24) is 0 Å². The minimum atomic E-state index is -0.771. The number of rotatable bonds is 46. The van der Waals surface area contributed by atoms with Crippen LogP contribution < -0.4 is 0 Å². The molecule has 0 rings (SSSR count). The van der Waals surface area contributed by atoms with Gasteiger partial charge in [-0.15, -0.1) is 0 Å². The Hall–Kier alpha value is -2.11. The summed E-state index contributed by atoms with van der Waals surface area (Å²) < 4.78 is 16.7. The normalized spacial score (nSPS) is 12.1. The highest BCUT2D eigenvalue weighted by atomic mass is 16.6. The van der Waals surface area contributed by atoms with E-state index in [2.05, 4.69) is 45.1 Å². The first kappa shape index (κ1) is 55.9. The molecule has 1 atom stereocenters. The summed E-state index contributed by atoms with van der Waals surface area (Å²) in [5, 5.41) is 0. The van der Waals surface area contributed by atoms with Crippen molar-refractivity contribution in [3.05, 3.63) is 24.3 Å². The third kappa shape index (κ3) is 45.0. The number of ether oxygens (including phenoxy) is 3. The van der Waals surface area contributed by atoms with Gasteiger partial charge < -0.3 is 14.2 Å². The zero-order chi connectivity index (χ0) is 42.3. The smallest absolute Gasteiger partial charge is 0.306 e. The fraction of sp³-hybridized carbons (Fsp3) is 0.865. The van der Waals surface area contributed by atoms with E-state index in [4.69, 9.17) is 14.2 Å². The predicted octanol–water partition coefficient (Wildman–Crippen LogP) is 16.4. The minimum absolute atomic E-state index is 0.0727. The molecule has 6 heteroatoms. The van der Waals surface area contributed by atoms with Gasteiger partial charge >= 0.3 is 17.9 Å². The van der Waals surface area contributed by atoms with Crippen LogP contribution in [-0.4, -0.2) is 37.2 Å². The Labute approximate surface area is 360 Å². The lowest BCUT2D eigenvalue weighted by Crippen LogP contribution is -2.30. The topological polar surface area (TPSA) is 78.9 Å². The molecule has 0 aromatic heterocycles. The van der Waals surface area contributed by atoms with Gasteiger partial charge in [-0.05, 0) is 44.9 Å². The molecular formula is C52H96O6. The molecule has 0 heterocycles. The van der Waals surface area contributed by atoms with Gasteiger partial charge in [-0.25, -0.2) is 0 Å². The number of unbranched alkanes of at least 4 members (excludes halogenated alkanes) is 31. The minimum Gasteiger partial charge on any atom is -0.462 e. The molecule has 0 saturated carbocycles. The van der Waals surface area contributed by atoms with Gasteiger partial charge in [0.05, 0.1) is 0 Å². The maximum Gasteiger partial charge on any atom is 0.306 e. The highest BCUT2D eigenvalue weighted by Crippen LogP contribution is 2.16. The Balaban J connectivity index is 4.23. The van der Waals surface area contributed by atoms with Gasteiger partial charge in [-0.2, -0.15) is 0 Å². The largest absolute Gasteiger partial charge is 0.462 e. The van der Waals surface area contributed by atoms with Crippen molar-refractivity contribution in [1.29, 1.82) is 0 Å². The zero-order valence-electron chi connectivity index (χ0n) is 38.8. The second kappa shape index (κ2) is 47.6. The Bertz CT molecular complexity index is 942. The lowest BCUT2D eigenvalue weighted by Gasteiger charge is -2.18. The van der Waals surface area contributed by atoms with Crippen LogP contribution in [0.15, 0.2) is 24.3 Å². The molecule has 0 amide bonds. The quantitative estimate of drug-likeness (QED) is 0.0263. The Morgan fingerprint density at radius 3 is 1.03 bits per heavy atom. The van der Waals surface area contributed by atoms with Crippen molar-refractivity contribution in [2.24, 2.45) is 0 Å². The number of carbonyl (C=O) groups excluding carboxylic acids is 3. The average Bonchev–Trinajstić information content (AvgIpc) is 3.22. The molecule has 1 unspecified atom stereocenters. The van der Waals surface area contributed by atoms with Crippen LogP contribution >= 0.6 is 0 Å². The van der Waals surface area contributed by atoms with Gasteiger partial charge in [0.1, 0.15) is 13.2 Å². The summed E-state index contributed by atoms with van der Waals surface area (Å²) >= 11 is 0. The molecule has 0 aliphatic heterocycles. The number of esters is 3. The summed E-state index contributed by atoms with van der Waals surface area (Å²) in [4.78, 5) is 37.8. The van der Waals surface area contributed by atoms with Crippen LogP contribution in [0.3, 0.4) is 0 Å². The van der Waals surface area contributed by atoms with E-state index in [0.717, 1.165) is 89.9 Å². The van der Waals surface area contributed by atoms with Gasteiger partial charge in [-0.3, -0.25) is 14.4 Å². The standard InChI is InChI=1S/C52H96O6/c1-4-7-10-13-16-19-21-23-24-25-26-27-28-29-31-33-36-39-42-45-51(54)57-48-49(47-56-50(53)44-41-38-35-32-18-15-12-9-6-3)58-52(55)46-43-40-37-34-30-22-20-17-14-11-8-5-2/h8,11,17,20,49H,4-7,9-10,12-16,18-19,21-48H2,1-3H3/b11-8-,20-17-. The molecule has 0 spiro atoms. The van der Waals surface area contributed by atoms with Crippen LogP contribution in [0.1, 0.15) is 271 Å². The summed E-state index contributed by atoms with van der Waals surface area (Å²) in [7, 11) is 0. The molecule has 0 aliphatic carbocycles. The molecule has 340 valence electrons. The average molecular weight is 817 g/mol. The molecule has 6 nitrogen and oxygen atoms in total. The monoisotopic (exact) mass is 817 g/mol. The molecule has 0 bridgehead atoms. The molecule has 0 N–H and O–H groups in total. The Morgan fingerprint density at radius 1 is 0.362 bits per heavy atom. The second-order valence-corrected chi connectivity index (χ2v) is 17.1. The summed E-state index contributed by atoms with van der Waals surface area (Å²) in [5.41, 5.74) is 0. The van der Waals surface area contributed by atoms with Crippen molar-refractivity contribution in [3.63, 3.8) is 0 Å². The lowest BCUT2D eigenvalue weighted by atomic mass is 10.0. The lowest BCUT2D eigenvalue weighted by molar-refractivity contribution is -0.167. The van der Waals surface area contributed by atoms with Crippen LogP contribution in [0, 0.1) is 0 Å². The highest BCUT2D eigenvalue weighted by Gasteiger charge is 2.19. The number of hydrogen-bond donors (Lipinski definition) is 0. The maximum absolute atomic E-state index is 12.7. The van der Waals surface area contributed by atoms with Gasteiger partial charge in [0, 0.05) is 19.3 Å². The van der Waals surface area contributed by atoms with Crippen molar-refractivity contribution < 1.29 is 28.6 Å². The Kier molecular flexibility index (Phi) is 45.8. The SMILES string of the molecule is CC/C=C\C/C=C\CCCCCCCC(=O)OC(COC(=O)CCCCCCCCCCC)COC(=O)CCCCCCCCCCCCCCCCCCCCC. The van der Waals surface area contributed by atoms with Crippen LogP contribution in [0.5, 0.6) is 0 Å². The van der Waals surface area contributed by atoms with E-state index < -0.39 is 6.10 Å². The molecular weight excluding hydrogens is 721 g/mol. The van der Waals surface area contributed by atoms with Crippen LogP contribution in [-0.2, 0) is 28.6 Å². The van der Waals surface area contributed by atoms with Crippen LogP contribution in [0.4, 0.5) is 0 Å². The van der Waals surface area contributed by atoms with Crippen molar-refractivity contribution >= 4 is 17.9 Å². The molecule has 0 aliphatic rings. The van der Waals surface area contributed by atoms with E-state index >= 15 is 0 Å². The summed E-state index contributed by atoms with van der Waals surface area (Å²) in [6.07, 6.45) is 53.2. The van der Waals surface area contributed by atoms with Crippen molar-refractivity contribution in [2.75, 3.05) is 13.2 Å². The molecule has 0 fully saturated rings. The third-order valence-corrected chi connectivity index (χ3v) is 11.2. The maximum atomic E-state index is 12.7. The fourth-order valence-electron chi connectivity index (χ4n) is 7.42. The second-order valence-electron chi connectivity index (χ2n) is 17.1. The van der Waals surface area contributed by atoms with E-state index in [1.807, 2.05) is 0 Å². The first-order valence-corrected chi connectivity index (χ1v) is 25.3. The van der Waals surface area contributed by atoms with Crippen LogP contribution in [0.25, 0.3) is 0 Å². The van der Waals surface area contributed by atoms with Crippen molar-refractivity contribution in [2.45, 2.75) is 277 Å². The number of carbonyl (C=O) groups is 3. The predicted molar refractivity (Wildman–Crippen MR) is 247 cm³/mol. The fourth-order valence-corrected chi connectivity index (χ4v) is 7.42. The molecule has 0 aromatic carbocycles. The van der Waals surface area contributed by atoms with Gasteiger partial charge in [-0.1, -0.05) is 231 Å². The third-order valence-electron chi connectivity index (χ3n) is 11.2. The molecule has 0 radical (unpaired) electrons. The van der Waals surface area contributed by atoms with E-state index in [1.165, 1.54) is 141 Å². The Morgan fingerprint density at radius 2 is 0.672 bits per heavy atom. The molecule has 0 aromatic rings. The molecule has 58 heavy (non-hydrogen) atoms. The van der Waals surface area contributed by atoms with Crippen molar-refractivity contribution in [3.8, 4) is 0 Å². The van der Waals surface area contributed by atoms with Gasteiger partial charge in [0.25, 0.3) is 0 Å². The first-order chi connectivity index (χ1) is 28.5. The zero-order valence-corrected chi connectivity index (χ0v) is 38.8. The van der Waals surface area contributed by atoms with E-state index in [1.54, 1.807) is 0 Å². The summed E-state index contributed by atoms with van der Waals surface area (Å²) in [6, 6.07) is 0. The van der Waals surface area contributed by atoms with Crippen LogP contribution in [0.2, 0.25) is 0 Å². The van der Waals surface area contributed by atoms with Gasteiger partial charge in [0.2, 0.25) is 0 Å². The molecule has 0 saturated heterocycles. The van der Waals surface area contributed by atoms with E-state index in [-0.39, 0.29) is 31.1 Å². The van der Waals surface area contributed by atoms with E-state index in [9.17, 15) is 14.4 Å².